The normalized spacial score (nSPS) is 11.1. The summed E-state index contributed by atoms with van der Waals surface area (Å²) in [7, 11) is 3.14. The average Bonchev–Trinajstić information content (AvgIpc) is 3.40. The molecule has 0 bridgehead atoms. The fourth-order valence-electron chi connectivity index (χ4n) is 4.49. The number of aryl methyl sites for hydroxylation is 1. The Hall–Kier alpha value is -4.41. The van der Waals surface area contributed by atoms with Gasteiger partial charge >= 0.3 is 5.97 Å². The number of halogens is 2. The fraction of sp³-hybridized carbons (Fsp3) is 0.0938. The number of fused-ring (bicyclic) bond motifs is 1. The SMILES string of the molecule is COc1ccc(OC)c2c(-c3ccccc3)c(C(=O)NN=Cc3cc(Br)cc(Br)c3OC(=O)c3ccc(C)cc3)[nH]c12. The Morgan fingerprint density at radius 1 is 0.905 bits per heavy atom. The number of H-pyrrole nitrogens is 1. The van der Waals surface area contributed by atoms with Crippen LogP contribution in [0, 0.1) is 6.92 Å². The van der Waals surface area contributed by atoms with Crippen LogP contribution in [-0.2, 0) is 0 Å². The lowest BCUT2D eigenvalue weighted by Gasteiger charge is -2.11. The maximum Gasteiger partial charge on any atom is 0.343 e. The number of esters is 1. The molecule has 0 aliphatic rings. The van der Waals surface area contributed by atoms with E-state index in [-0.39, 0.29) is 11.4 Å². The highest BCUT2D eigenvalue weighted by molar-refractivity contribution is 9.11. The minimum atomic E-state index is -0.523. The van der Waals surface area contributed by atoms with Gasteiger partial charge in [-0.25, -0.2) is 10.2 Å². The number of hydrazone groups is 1. The molecule has 8 nitrogen and oxygen atoms in total. The molecule has 0 fully saturated rings. The molecule has 2 N–H and O–H groups in total. The van der Waals surface area contributed by atoms with E-state index in [1.54, 1.807) is 50.6 Å². The Kier molecular flexibility index (Phi) is 8.75. The molecule has 0 saturated heterocycles. The van der Waals surface area contributed by atoms with E-state index in [1.165, 1.54) is 6.21 Å². The number of carbonyl (C=O) groups is 2. The molecule has 1 aromatic heterocycles. The lowest BCUT2D eigenvalue weighted by Crippen LogP contribution is -2.19. The lowest BCUT2D eigenvalue weighted by molar-refractivity contribution is 0.0733. The first-order chi connectivity index (χ1) is 20.3. The Labute approximate surface area is 258 Å². The van der Waals surface area contributed by atoms with Crippen molar-refractivity contribution in [3.05, 3.63) is 110 Å². The van der Waals surface area contributed by atoms with Gasteiger partial charge < -0.3 is 19.2 Å². The second-order valence-corrected chi connectivity index (χ2v) is 11.0. The van der Waals surface area contributed by atoms with Gasteiger partial charge in [-0.1, -0.05) is 64.0 Å². The van der Waals surface area contributed by atoms with E-state index >= 15 is 0 Å². The molecule has 0 aliphatic carbocycles. The highest BCUT2D eigenvalue weighted by atomic mass is 79.9. The number of aromatic nitrogens is 1. The van der Waals surface area contributed by atoms with E-state index < -0.39 is 11.9 Å². The average molecular weight is 691 g/mol. The van der Waals surface area contributed by atoms with Gasteiger partial charge in [0.15, 0.2) is 5.75 Å². The summed E-state index contributed by atoms with van der Waals surface area (Å²) >= 11 is 6.92. The van der Waals surface area contributed by atoms with Crippen molar-refractivity contribution in [3.8, 4) is 28.4 Å². The maximum absolute atomic E-state index is 13.6. The van der Waals surface area contributed by atoms with Crippen LogP contribution in [0.25, 0.3) is 22.0 Å². The van der Waals surface area contributed by atoms with Crippen molar-refractivity contribution in [2.45, 2.75) is 6.92 Å². The van der Waals surface area contributed by atoms with E-state index in [9.17, 15) is 9.59 Å². The summed E-state index contributed by atoms with van der Waals surface area (Å²) in [4.78, 5) is 29.6. The van der Waals surface area contributed by atoms with Gasteiger partial charge in [0.1, 0.15) is 17.2 Å². The fourth-order valence-corrected chi connectivity index (χ4v) is 5.83. The van der Waals surface area contributed by atoms with Crippen LogP contribution in [0.3, 0.4) is 0 Å². The van der Waals surface area contributed by atoms with Crippen molar-refractivity contribution in [1.82, 2.24) is 10.4 Å². The number of hydrogen-bond donors (Lipinski definition) is 2. The van der Waals surface area contributed by atoms with Crippen molar-refractivity contribution in [2.75, 3.05) is 14.2 Å². The van der Waals surface area contributed by atoms with Gasteiger partial charge in [0, 0.05) is 15.6 Å². The molecule has 1 amide bonds. The molecule has 4 aromatic carbocycles. The zero-order chi connectivity index (χ0) is 29.8. The summed E-state index contributed by atoms with van der Waals surface area (Å²) in [5.41, 5.74) is 6.84. The molecule has 1 heterocycles. The van der Waals surface area contributed by atoms with E-state index in [2.05, 4.69) is 47.4 Å². The topological polar surface area (TPSA) is 102 Å². The number of hydrogen-bond acceptors (Lipinski definition) is 6. The minimum Gasteiger partial charge on any atom is -0.496 e. The van der Waals surface area contributed by atoms with Gasteiger partial charge in [0.2, 0.25) is 0 Å². The molecule has 0 aliphatic heterocycles. The van der Waals surface area contributed by atoms with Crippen molar-refractivity contribution in [3.63, 3.8) is 0 Å². The molecular weight excluding hydrogens is 666 g/mol. The van der Waals surface area contributed by atoms with Crippen molar-refractivity contribution in [2.24, 2.45) is 5.10 Å². The minimum absolute atomic E-state index is 0.256. The second-order valence-electron chi connectivity index (χ2n) is 9.22. The molecule has 0 saturated carbocycles. The number of nitrogens with zero attached hydrogens (tertiary/aromatic N) is 1. The quantitative estimate of drug-likeness (QED) is 0.0753. The van der Waals surface area contributed by atoms with Gasteiger partial charge in [-0.15, -0.1) is 0 Å². The highest BCUT2D eigenvalue weighted by Crippen LogP contribution is 2.42. The number of nitrogens with one attached hydrogen (secondary N) is 2. The zero-order valence-corrected chi connectivity index (χ0v) is 26.0. The van der Waals surface area contributed by atoms with Gasteiger partial charge in [-0.2, -0.15) is 5.10 Å². The van der Waals surface area contributed by atoms with Gasteiger partial charge in [-0.3, -0.25) is 4.79 Å². The first kappa shape index (κ1) is 29.1. The second kappa shape index (κ2) is 12.6. The van der Waals surface area contributed by atoms with Crippen LogP contribution in [0.5, 0.6) is 17.2 Å². The summed E-state index contributed by atoms with van der Waals surface area (Å²) < 4.78 is 18.2. The number of methoxy groups -OCH3 is 2. The van der Waals surface area contributed by atoms with Crippen molar-refractivity contribution >= 4 is 60.9 Å². The van der Waals surface area contributed by atoms with Gasteiger partial charge in [0.05, 0.1) is 41.4 Å². The van der Waals surface area contributed by atoms with Crippen LogP contribution < -0.4 is 19.6 Å². The molecule has 0 unspecified atom stereocenters. The number of carbonyl (C=O) groups excluding carboxylic acids is 2. The van der Waals surface area contributed by atoms with Crippen LogP contribution >= 0.6 is 31.9 Å². The molecule has 0 atom stereocenters. The highest BCUT2D eigenvalue weighted by Gasteiger charge is 2.24. The number of ether oxygens (including phenoxy) is 3. The third-order valence-electron chi connectivity index (χ3n) is 6.50. The third kappa shape index (κ3) is 5.95. The van der Waals surface area contributed by atoms with Crippen molar-refractivity contribution in [1.29, 1.82) is 0 Å². The lowest BCUT2D eigenvalue weighted by atomic mass is 10.0. The molecule has 0 spiro atoms. The number of rotatable bonds is 8. The van der Waals surface area contributed by atoms with Crippen LogP contribution in [0.15, 0.2) is 92.9 Å². The Morgan fingerprint density at radius 3 is 2.29 bits per heavy atom. The standard InChI is InChI=1S/C32H25Br2N3O5/c1-18-9-11-20(12-10-18)32(39)42-30-21(15-22(33)16-23(30)34)17-35-37-31(38)29-26(19-7-5-4-6-8-19)27-24(40-2)13-14-25(41-3)28(27)36-29/h4-17,36H,1-3H3,(H,37,38). The first-order valence-electron chi connectivity index (χ1n) is 12.7. The maximum atomic E-state index is 13.6. The van der Waals surface area contributed by atoms with E-state index in [1.807, 2.05) is 49.4 Å². The number of amides is 1. The first-order valence-corrected chi connectivity index (χ1v) is 14.3. The van der Waals surface area contributed by atoms with Crippen molar-refractivity contribution < 1.29 is 23.8 Å². The summed E-state index contributed by atoms with van der Waals surface area (Å²) in [5, 5.41) is 4.91. The van der Waals surface area contributed by atoms with Crippen LogP contribution in [-0.4, -0.2) is 37.3 Å². The van der Waals surface area contributed by atoms with Crippen LogP contribution in [0.4, 0.5) is 0 Å². The molecule has 10 heteroatoms. The molecule has 5 aromatic rings. The Balaban J connectivity index is 1.49. The number of benzene rings is 4. The zero-order valence-electron chi connectivity index (χ0n) is 22.8. The van der Waals surface area contributed by atoms with Crippen LogP contribution in [0.1, 0.15) is 32.0 Å². The predicted octanol–water partition coefficient (Wildman–Crippen LogP) is 7.67. The summed E-state index contributed by atoms with van der Waals surface area (Å²) in [5.74, 6) is 0.390. The van der Waals surface area contributed by atoms with Crippen LogP contribution in [0.2, 0.25) is 0 Å². The van der Waals surface area contributed by atoms with Gasteiger partial charge in [-0.05, 0) is 64.8 Å². The Morgan fingerprint density at radius 2 is 1.60 bits per heavy atom. The smallest absolute Gasteiger partial charge is 0.343 e. The monoisotopic (exact) mass is 689 g/mol. The number of aromatic amines is 1. The Bertz CT molecular complexity index is 1820. The molecule has 212 valence electrons. The van der Waals surface area contributed by atoms with E-state index in [4.69, 9.17) is 14.2 Å². The molecule has 0 radical (unpaired) electrons. The van der Waals surface area contributed by atoms with E-state index in [0.29, 0.717) is 43.6 Å². The van der Waals surface area contributed by atoms with Gasteiger partial charge in [0.25, 0.3) is 5.91 Å². The largest absolute Gasteiger partial charge is 0.496 e. The predicted molar refractivity (Wildman–Crippen MR) is 170 cm³/mol. The third-order valence-corrected chi connectivity index (χ3v) is 7.54. The molecular formula is C32H25Br2N3O5. The summed E-state index contributed by atoms with van der Waals surface area (Å²) in [6.45, 7) is 1.94. The summed E-state index contributed by atoms with van der Waals surface area (Å²) in [6, 6.07) is 23.6. The summed E-state index contributed by atoms with van der Waals surface area (Å²) in [6.07, 6.45) is 1.41. The molecule has 5 rings (SSSR count). The molecule has 42 heavy (non-hydrogen) atoms. The van der Waals surface area contributed by atoms with E-state index in [0.717, 1.165) is 15.6 Å².